The van der Waals surface area contributed by atoms with E-state index in [1.165, 1.54) is 18.3 Å². The molecule has 0 radical (unpaired) electrons. The molecular weight excluding hydrogens is 220 g/mol. The average Bonchev–Trinajstić information content (AvgIpc) is 2.21. The van der Waals surface area contributed by atoms with Crippen molar-refractivity contribution in [1.29, 1.82) is 0 Å². The van der Waals surface area contributed by atoms with Crippen molar-refractivity contribution in [3.63, 3.8) is 0 Å². The summed E-state index contributed by atoms with van der Waals surface area (Å²) < 4.78 is 0. The molecule has 15 heavy (non-hydrogen) atoms. The summed E-state index contributed by atoms with van der Waals surface area (Å²) in [5, 5.41) is 2.44. The third-order valence-electron chi connectivity index (χ3n) is 1.80. The van der Waals surface area contributed by atoms with Gasteiger partial charge in [0.15, 0.2) is 5.82 Å². The highest BCUT2D eigenvalue weighted by molar-refractivity contribution is 6.32. The first-order valence-corrected chi connectivity index (χ1v) is 4.59. The maximum Gasteiger partial charge on any atom is 0.271 e. The highest BCUT2D eigenvalue weighted by Gasteiger charge is 2.12. The second-order valence-corrected chi connectivity index (χ2v) is 3.28. The Balaban J connectivity index is 2.91. The van der Waals surface area contributed by atoms with E-state index in [1.807, 2.05) is 0 Å². The van der Waals surface area contributed by atoms with Gasteiger partial charge in [0.05, 0.1) is 12.9 Å². The summed E-state index contributed by atoms with van der Waals surface area (Å²) in [7, 11) is 3.16. The second kappa shape index (κ2) is 4.79. The van der Waals surface area contributed by atoms with Crippen LogP contribution in [0.25, 0.3) is 0 Å². The minimum atomic E-state index is -0.426. The number of carbonyl (C=O) groups is 1. The summed E-state index contributed by atoms with van der Waals surface area (Å²) in [6.45, 7) is 0.0900. The Bertz CT molecular complexity index is 417. The van der Waals surface area contributed by atoms with E-state index in [4.69, 9.17) is 11.6 Å². The molecule has 0 fully saturated rings. The van der Waals surface area contributed by atoms with E-state index in [1.54, 1.807) is 7.05 Å². The van der Waals surface area contributed by atoms with Gasteiger partial charge in [0.25, 0.3) is 5.56 Å². The molecule has 0 saturated carbocycles. The average molecular weight is 231 g/mol. The molecule has 0 bridgehead atoms. The van der Waals surface area contributed by atoms with Crippen LogP contribution in [0.2, 0.25) is 5.02 Å². The topological polar surface area (TPSA) is 78.1 Å². The molecular formula is C8H11ClN4O2. The van der Waals surface area contributed by atoms with Gasteiger partial charge in [-0.3, -0.25) is 9.59 Å². The van der Waals surface area contributed by atoms with Crippen LogP contribution >= 0.6 is 11.6 Å². The molecule has 0 spiro atoms. The van der Waals surface area contributed by atoms with Crippen molar-refractivity contribution in [3.05, 3.63) is 21.7 Å². The lowest BCUT2D eigenvalue weighted by molar-refractivity contribution is -0.119. The van der Waals surface area contributed by atoms with Crippen molar-refractivity contribution in [3.8, 4) is 0 Å². The number of halogens is 1. The number of aromatic nitrogens is 2. The molecule has 0 atom stereocenters. The first-order chi connectivity index (χ1) is 7.06. The Hall–Kier alpha value is -1.56. The van der Waals surface area contributed by atoms with Crippen LogP contribution in [0.4, 0.5) is 5.82 Å². The molecule has 7 heteroatoms. The van der Waals surface area contributed by atoms with Gasteiger partial charge in [0.2, 0.25) is 5.91 Å². The molecule has 1 aromatic rings. The molecule has 0 saturated heterocycles. The third kappa shape index (κ3) is 2.69. The lowest BCUT2D eigenvalue weighted by Crippen LogP contribution is -2.34. The number of carbonyl (C=O) groups excluding carboxylic acids is 1. The Kier molecular flexibility index (Phi) is 3.68. The third-order valence-corrected chi connectivity index (χ3v) is 2.14. The Labute approximate surface area is 91.3 Å². The normalized spacial score (nSPS) is 9.80. The van der Waals surface area contributed by atoms with Crippen LogP contribution in [-0.2, 0) is 4.79 Å². The van der Waals surface area contributed by atoms with Gasteiger partial charge in [-0.15, -0.1) is 0 Å². The Morgan fingerprint density at radius 2 is 2.40 bits per heavy atom. The molecule has 0 aliphatic carbocycles. The van der Waals surface area contributed by atoms with Crippen LogP contribution in [0.3, 0.4) is 0 Å². The molecule has 2 N–H and O–H groups in total. The summed E-state index contributed by atoms with van der Waals surface area (Å²) in [6.07, 6.45) is 1.24. The smallest absolute Gasteiger partial charge is 0.271 e. The number of aromatic amines is 1. The van der Waals surface area contributed by atoms with Gasteiger partial charge >= 0.3 is 0 Å². The van der Waals surface area contributed by atoms with Crippen molar-refractivity contribution in [2.75, 3.05) is 25.5 Å². The van der Waals surface area contributed by atoms with Gasteiger partial charge < -0.3 is 15.2 Å². The lowest BCUT2D eigenvalue weighted by Gasteiger charge is -2.17. The Morgan fingerprint density at radius 1 is 1.73 bits per heavy atom. The molecule has 82 valence electrons. The van der Waals surface area contributed by atoms with Crippen LogP contribution in [0, 0.1) is 0 Å². The fourth-order valence-corrected chi connectivity index (χ4v) is 1.26. The van der Waals surface area contributed by atoms with Crippen molar-refractivity contribution >= 4 is 23.3 Å². The van der Waals surface area contributed by atoms with Crippen molar-refractivity contribution in [2.24, 2.45) is 0 Å². The number of H-pyrrole nitrogens is 1. The van der Waals surface area contributed by atoms with Crippen molar-refractivity contribution in [2.45, 2.75) is 0 Å². The van der Waals surface area contributed by atoms with E-state index < -0.39 is 5.56 Å². The monoisotopic (exact) mass is 230 g/mol. The molecule has 1 rings (SSSR count). The Morgan fingerprint density at radius 3 is 3.00 bits per heavy atom. The van der Waals surface area contributed by atoms with E-state index in [9.17, 15) is 9.59 Å². The van der Waals surface area contributed by atoms with Crippen molar-refractivity contribution in [1.82, 2.24) is 15.3 Å². The zero-order valence-electron chi connectivity index (χ0n) is 8.37. The number of rotatable bonds is 3. The first-order valence-electron chi connectivity index (χ1n) is 4.21. The number of nitrogens with one attached hydrogen (secondary N) is 2. The largest absolute Gasteiger partial charge is 0.358 e. The van der Waals surface area contributed by atoms with Gasteiger partial charge in [-0.2, -0.15) is 0 Å². The predicted molar refractivity (Wildman–Crippen MR) is 57.2 cm³/mol. The predicted octanol–water partition coefficient (Wildman–Crippen LogP) is -0.395. The zero-order valence-corrected chi connectivity index (χ0v) is 9.13. The first kappa shape index (κ1) is 11.5. The molecule has 0 aromatic carbocycles. The van der Waals surface area contributed by atoms with E-state index in [2.05, 4.69) is 15.3 Å². The maximum atomic E-state index is 11.1. The summed E-state index contributed by atoms with van der Waals surface area (Å²) in [5.74, 6) is 0.0969. The van der Waals surface area contributed by atoms with Crippen LogP contribution in [-0.4, -0.2) is 36.5 Å². The fourth-order valence-electron chi connectivity index (χ4n) is 1.01. The SMILES string of the molecule is CNC(=O)CN(C)c1nc[nH]c(=O)c1Cl. The minimum absolute atomic E-state index is 0.0242. The molecule has 6 nitrogen and oxygen atoms in total. The minimum Gasteiger partial charge on any atom is -0.358 e. The van der Waals surface area contributed by atoms with Crippen LogP contribution in [0.15, 0.2) is 11.1 Å². The number of hydrogen-bond acceptors (Lipinski definition) is 4. The van der Waals surface area contributed by atoms with Crippen LogP contribution in [0.5, 0.6) is 0 Å². The molecule has 1 heterocycles. The number of anilines is 1. The van der Waals surface area contributed by atoms with E-state index in [0.29, 0.717) is 0 Å². The highest BCUT2D eigenvalue weighted by atomic mass is 35.5. The maximum absolute atomic E-state index is 11.1. The summed E-state index contributed by atoms with van der Waals surface area (Å²) >= 11 is 5.74. The second-order valence-electron chi connectivity index (χ2n) is 2.90. The van der Waals surface area contributed by atoms with Crippen LogP contribution < -0.4 is 15.8 Å². The van der Waals surface area contributed by atoms with Gasteiger partial charge in [-0.1, -0.05) is 11.6 Å². The number of likely N-dealkylation sites (N-methyl/N-ethyl adjacent to an activating group) is 2. The summed E-state index contributed by atoms with van der Waals surface area (Å²) in [4.78, 5) is 29.9. The van der Waals surface area contributed by atoms with E-state index in [-0.39, 0.29) is 23.3 Å². The standard InChI is InChI=1S/C8H11ClN4O2/c1-10-5(14)3-13(2)7-6(9)8(15)12-4-11-7/h4H,3H2,1-2H3,(H,10,14)(H,11,12,15). The number of nitrogens with zero attached hydrogens (tertiary/aromatic N) is 2. The van der Waals surface area contributed by atoms with E-state index >= 15 is 0 Å². The van der Waals surface area contributed by atoms with Crippen molar-refractivity contribution < 1.29 is 4.79 Å². The molecule has 1 amide bonds. The van der Waals surface area contributed by atoms with E-state index in [0.717, 1.165) is 0 Å². The van der Waals surface area contributed by atoms with Gasteiger partial charge in [0, 0.05) is 14.1 Å². The zero-order chi connectivity index (χ0) is 11.4. The highest BCUT2D eigenvalue weighted by Crippen LogP contribution is 2.15. The summed E-state index contributed by atoms with van der Waals surface area (Å²) in [6, 6.07) is 0. The molecule has 1 aromatic heterocycles. The van der Waals surface area contributed by atoms with Crippen LogP contribution in [0.1, 0.15) is 0 Å². The van der Waals surface area contributed by atoms with Gasteiger partial charge in [-0.05, 0) is 0 Å². The molecule has 0 unspecified atom stereocenters. The number of hydrogen-bond donors (Lipinski definition) is 2. The molecule has 0 aliphatic rings. The lowest BCUT2D eigenvalue weighted by atomic mass is 10.4. The van der Waals surface area contributed by atoms with Gasteiger partial charge in [-0.25, -0.2) is 4.98 Å². The quantitative estimate of drug-likeness (QED) is 0.741. The number of amides is 1. The molecule has 0 aliphatic heterocycles. The summed E-state index contributed by atoms with van der Waals surface area (Å²) in [5.41, 5.74) is -0.426. The van der Waals surface area contributed by atoms with Gasteiger partial charge in [0.1, 0.15) is 5.02 Å². The fraction of sp³-hybridized carbons (Fsp3) is 0.375.